The molecular formula is C21H20N4O3S. The Morgan fingerprint density at radius 1 is 1.17 bits per heavy atom. The molecule has 2 aliphatic rings. The van der Waals surface area contributed by atoms with Crippen LogP contribution in [0.5, 0.6) is 0 Å². The minimum Gasteiger partial charge on any atom is -0.271 e. The van der Waals surface area contributed by atoms with Crippen LogP contribution in [-0.2, 0) is 10.5 Å². The zero-order chi connectivity index (χ0) is 20.5. The van der Waals surface area contributed by atoms with Crippen molar-refractivity contribution >= 4 is 40.0 Å². The van der Waals surface area contributed by atoms with Gasteiger partial charge in [0.15, 0.2) is 5.17 Å². The summed E-state index contributed by atoms with van der Waals surface area (Å²) < 4.78 is 0. The number of nitro groups is 1. The second-order valence-electron chi connectivity index (χ2n) is 7.40. The van der Waals surface area contributed by atoms with Gasteiger partial charge >= 0.3 is 0 Å². The van der Waals surface area contributed by atoms with Crippen LogP contribution >= 0.6 is 11.8 Å². The van der Waals surface area contributed by atoms with Crippen molar-refractivity contribution < 1.29 is 9.72 Å². The fourth-order valence-corrected chi connectivity index (χ4v) is 4.32. The lowest BCUT2D eigenvalue weighted by molar-refractivity contribution is -0.384. The molecule has 0 aliphatic carbocycles. The van der Waals surface area contributed by atoms with E-state index in [9.17, 15) is 14.9 Å². The lowest BCUT2D eigenvalue weighted by atomic mass is 10.0. The molecule has 2 heterocycles. The summed E-state index contributed by atoms with van der Waals surface area (Å²) in [6.45, 7) is 4.16. The van der Waals surface area contributed by atoms with E-state index in [2.05, 4.69) is 13.8 Å². The lowest BCUT2D eigenvalue weighted by Gasteiger charge is -2.25. The number of carbonyl (C=O) groups is 1. The molecule has 29 heavy (non-hydrogen) atoms. The van der Waals surface area contributed by atoms with Gasteiger partial charge in [-0.25, -0.2) is 9.89 Å². The van der Waals surface area contributed by atoms with Crippen molar-refractivity contribution in [3.8, 4) is 0 Å². The van der Waals surface area contributed by atoms with Crippen LogP contribution in [0.4, 0.5) is 11.4 Å². The number of carbonyl (C=O) groups excluding carboxylic acids is 1. The molecule has 2 aromatic rings. The highest BCUT2D eigenvalue weighted by molar-refractivity contribution is 8.13. The second-order valence-corrected chi connectivity index (χ2v) is 8.34. The predicted molar refractivity (Wildman–Crippen MR) is 115 cm³/mol. The van der Waals surface area contributed by atoms with Crippen LogP contribution in [0.2, 0.25) is 0 Å². The smallest absolute Gasteiger partial charge is 0.269 e. The van der Waals surface area contributed by atoms with Gasteiger partial charge in [0.2, 0.25) is 0 Å². The fourth-order valence-electron chi connectivity index (χ4n) is 3.36. The molecule has 2 aromatic carbocycles. The van der Waals surface area contributed by atoms with Crippen molar-refractivity contribution in [1.29, 1.82) is 0 Å². The molecule has 0 aromatic heterocycles. The number of benzene rings is 2. The van der Waals surface area contributed by atoms with E-state index in [0.717, 1.165) is 16.8 Å². The number of nitrogens with zero attached hydrogens (tertiary/aromatic N) is 4. The van der Waals surface area contributed by atoms with Crippen molar-refractivity contribution in [1.82, 2.24) is 4.90 Å². The van der Waals surface area contributed by atoms with E-state index in [0.29, 0.717) is 29.1 Å². The Kier molecular flexibility index (Phi) is 5.19. The van der Waals surface area contributed by atoms with Gasteiger partial charge in [0, 0.05) is 23.4 Å². The Labute approximate surface area is 172 Å². The average molecular weight is 408 g/mol. The van der Waals surface area contributed by atoms with Crippen molar-refractivity contribution in [3.05, 3.63) is 69.8 Å². The minimum absolute atomic E-state index is 0.0434. The topological polar surface area (TPSA) is 88.2 Å². The number of amidine groups is 2. The van der Waals surface area contributed by atoms with Gasteiger partial charge in [0.05, 0.1) is 10.6 Å². The molecule has 2 aliphatic heterocycles. The third kappa shape index (κ3) is 3.80. The Hall–Kier alpha value is -3.00. The first kappa shape index (κ1) is 19.3. The Bertz CT molecular complexity index is 1030. The molecule has 1 unspecified atom stereocenters. The maximum atomic E-state index is 13.1. The molecule has 0 spiro atoms. The number of rotatable bonds is 5. The quantitative estimate of drug-likeness (QED) is 0.537. The van der Waals surface area contributed by atoms with E-state index >= 15 is 0 Å². The number of fused-ring (bicyclic) bond motifs is 3. The van der Waals surface area contributed by atoms with E-state index in [1.807, 2.05) is 24.3 Å². The van der Waals surface area contributed by atoms with Crippen molar-refractivity contribution in [2.24, 2.45) is 15.9 Å². The Balaban J connectivity index is 1.61. The molecule has 7 nitrogen and oxygen atoms in total. The number of thioether (sulfide) groups is 1. The van der Waals surface area contributed by atoms with E-state index < -0.39 is 4.92 Å². The molecule has 0 saturated carbocycles. The highest BCUT2D eigenvalue weighted by Crippen LogP contribution is 2.35. The summed E-state index contributed by atoms with van der Waals surface area (Å²) in [5.74, 6) is 1.53. The lowest BCUT2D eigenvalue weighted by Crippen LogP contribution is -2.41. The van der Waals surface area contributed by atoms with Crippen LogP contribution < -0.4 is 0 Å². The van der Waals surface area contributed by atoms with Crippen LogP contribution in [0, 0.1) is 16.0 Å². The molecule has 8 heteroatoms. The van der Waals surface area contributed by atoms with Crippen LogP contribution in [0.15, 0.2) is 58.5 Å². The third-order valence-corrected chi connectivity index (χ3v) is 5.77. The fraction of sp³-hybridized carbons (Fsp3) is 0.286. The van der Waals surface area contributed by atoms with Crippen molar-refractivity contribution in [3.63, 3.8) is 0 Å². The number of aliphatic imine (C=N–C) groups is 2. The van der Waals surface area contributed by atoms with Gasteiger partial charge < -0.3 is 0 Å². The SMILES string of the molecule is CC(C)CC1N=C2c3ccccc3N=C(SCc3ccc([N+](=O)[O-])cc3)N2C1=O. The predicted octanol–water partition coefficient (Wildman–Crippen LogP) is 4.53. The van der Waals surface area contributed by atoms with Crippen molar-refractivity contribution in [2.75, 3.05) is 0 Å². The summed E-state index contributed by atoms with van der Waals surface area (Å²) in [6.07, 6.45) is 0.696. The van der Waals surface area contributed by atoms with Crippen LogP contribution in [-0.4, -0.2) is 32.8 Å². The zero-order valence-electron chi connectivity index (χ0n) is 16.1. The first-order chi connectivity index (χ1) is 13.9. The average Bonchev–Trinajstić information content (AvgIpc) is 3.02. The number of hydrogen-bond acceptors (Lipinski definition) is 6. The molecule has 1 amide bonds. The van der Waals surface area contributed by atoms with Gasteiger partial charge in [-0.3, -0.25) is 19.9 Å². The molecule has 0 fully saturated rings. The Morgan fingerprint density at radius 3 is 2.59 bits per heavy atom. The summed E-state index contributed by atoms with van der Waals surface area (Å²) in [6, 6.07) is 13.7. The first-order valence-corrected chi connectivity index (χ1v) is 10.4. The van der Waals surface area contributed by atoms with Crippen LogP contribution in [0.1, 0.15) is 31.4 Å². The van der Waals surface area contributed by atoms with Gasteiger partial charge in [-0.2, -0.15) is 0 Å². The Morgan fingerprint density at radius 2 is 1.90 bits per heavy atom. The highest BCUT2D eigenvalue weighted by atomic mass is 32.2. The first-order valence-electron chi connectivity index (χ1n) is 9.40. The number of amides is 1. The van der Waals surface area contributed by atoms with Crippen molar-refractivity contribution in [2.45, 2.75) is 32.1 Å². The van der Waals surface area contributed by atoms with Gasteiger partial charge in [0.1, 0.15) is 11.9 Å². The van der Waals surface area contributed by atoms with Gasteiger partial charge in [-0.05, 0) is 30.0 Å². The molecule has 0 bridgehead atoms. The van der Waals surface area contributed by atoms with Crippen LogP contribution in [0.3, 0.4) is 0 Å². The van der Waals surface area contributed by atoms with Crippen LogP contribution in [0.25, 0.3) is 0 Å². The normalized spacial score (nSPS) is 17.7. The van der Waals surface area contributed by atoms with E-state index in [1.54, 1.807) is 17.0 Å². The monoisotopic (exact) mass is 408 g/mol. The summed E-state index contributed by atoms with van der Waals surface area (Å²) in [5, 5.41) is 11.4. The van der Waals surface area contributed by atoms with Gasteiger partial charge in [-0.15, -0.1) is 0 Å². The standard InChI is InChI=1S/C21H20N4O3S/c1-13(2)11-18-20(26)24-19(22-18)16-5-3-4-6-17(16)23-21(24)29-12-14-7-9-15(10-8-14)25(27)28/h3-10,13,18H,11-12H2,1-2H3. The van der Waals surface area contributed by atoms with Gasteiger partial charge in [-0.1, -0.05) is 49.9 Å². The number of nitro benzene ring substituents is 1. The molecule has 0 radical (unpaired) electrons. The van der Waals surface area contributed by atoms with Gasteiger partial charge in [0.25, 0.3) is 11.6 Å². The second kappa shape index (κ2) is 7.79. The maximum absolute atomic E-state index is 13.1. The minimum atomic E-state index is -0.417. The van der Waals surface area contributed by atoms with E-state index in [-0.39, 0.29) is 17.6 Å². The third-order valence-electron chi connectivity index (χ3n) is 4.76. The summed E-state index contributed by atoms with van der Waals surface area (Å²) in [5.41, 5.74) is 2.65. The summed E-state index contributed by atoms with van der Waals surface area (Å²) in [7, 11) is 0. The molecule has 4 rings (SSSR count). The summed E-state index contributed by atoms with van der Waals surface area (Å²) >= 11 is 1.43. The zero-order valence-corrected chi connectivity index (χ0v) is 16.9. The summed E-state index contributed by atoms with van der Waals surface area (Å²) in [4.78, 5) is 34.5. The number of non-ortho nitro benzene ring substituents is 1. The van der Waals surface area contributed by atoms with E-state index in [4.69, 9.17) is 9.98 Å². The number of hydrogen-bond donors (Lipinski definition) is 0. The van der Waals surface area contributed by atoms with E-state index in [1.165, 1.54) is 23.9 Å². The molecule has 0 N–H and O–H groups in total. The molecule has 148 valence electrons. The maximum Gasteiger partial charge on any atom is 0.269 e. The molecule has 0 saturated heterocycles. The highest BCUT2D eigenvalue weighted by Gasteiger charge is 2.41. The largest absolute Gasteiger partial charge is 0.271 e. The number of para-hydroxylation sites is 1. The molecule has 1 atom stereocenters. The molecular weight excluding hydrogens is 388 g/mol.